The van der Waals surface area contributed by atoms with Gasteiger partial charge in [-0.3, -0.25) is 9.59 Å². The monoisotopic (exact) mass is 332 g/mol. The van der Waals surface area contributed by atoms with E-state index in [0.717, 1.165) is 26.2 Å². The Morgan fingerprint density at radius 3 is 2.27 bits per heavy atom. The molecule has 0 atom stereocenters. The lowest BCUT2D eigenvalue weighted by molar-refractivity contribution is -0.662. The van der Waals surface area contributed by atoms with Crippen molar-refractivity contribution in [1.29, 1.82) is 0 Å². The van der Waals surface area contributed by atoms with Crippen LogP contribution in [0.5, 0.6) is 0 Å². The maximum atomic E-state index is 11.9. The highest BCUT2D eigenvalue weighted by atomic mass is 19.4. The summed E-state index contributed by atoms with van der Waals surface area (Å²) in [5.74, 6) is -0.0168. The lowest BCUT2D eigenvalue weighted by Gasteiger charge is -2.23. The average molecular weight is 332 g/mol. The minimum Gasteiger partial charge on any atom is -0.870 e. The van der Waals surface area contributed by atoms with Crippen LogP contribution in [-0.2, 0) is 4.79 Å². The first-order valence-corrected chi connectivity index (χ1v) is 5.83. The zero-order valence-corrected chi connectivity index (χ0v) is 11.6. The van der Waals surface area contributed by atoms with E-state index in [2.05, 4.69) is 20.3 Å². The van der Waals surface area contributed by atoms with Gasteiger partial charge in [-0.2, -0.15) is 13.2 Å². The van der Waals surface area contributed by atoms with Gasteiger partial charge in [0.1, 0.15) is 0 Å². The molecule has 1 amide bonds. The minimum atomic E-state index is -4.64. The van der Waals surface area contributed by atoms with E-state index in [0.29, 0.717) is 11.4 Å². The third kappa shape index (κ3) is 7.10. The predicted molar refractivity (Wildman–Crippen MR) is 63.5 cm³/mol. The van der Waals surface area contributed by atoms with Crippen LogP contribution in [0.3, 0.4) is 0 Å². The molecule has 130 valence electrons. The predicted octanol–water partition coefficient (Wildman–Crippen LogP) is -1.54. The van der Waals surface area contributed by atoms with Crippen molar-refractivity contribution in [3.8, 4) is 0 Å². The SMILES string of the molecule is Cc1no[nH+]c1C(=O)N1CC[NH2+]CC1.O=CC(F)(F)F.[HH].[OH-].[OH-]. The Morgan fingerprint density at radius 2 is 1.91 bits per heavy atom. The molecule has 1 aliphatic rings. The van der Waals surface area contributed by atoms with Crippen LogP contribution in [0.15, 0.2) is 4.63 Å². The second-order valence-electron chi connectivity index (χ2n) is 4.06. The first-order valence-electron chi connectivity index (χ1n) is 5.83. The summed E-state index contributed by atoms with van der Waals surface area (Å²) in [4.78, 5) is 22.4. The fourth-order valence-electron chi connectivity index (χ4n) is 1.57. The van der Waals surface area contributed by atoms with Gasteiger partial charge in [-0.1, -0.05) is 9.79 Å². The Bertz CT molecular complexity index is 466. The summed E-state index contributed by atoms with van der Waals surface area (Å²) in [7, 11) is 0. The van der Waals surface area contributed by atoms with Crippen LogP contribution in [0, 0.1) is 6.92 Å². The van der Waals surface area contributed by atoms with Crippen molar-refractivity contribution in [3.05, 3.63) is 11.4 Å². The maximum Gasteiger partial charge on any atom is 0.446 e. The molecule has 0 unspecified atom stereocenters. The number of H-pyrrole nitrogens is 1. The number of quaternary nitrogens is 1. The molecular formula is C10H19F3N4O5. The molecule has 1 aliphatic heterocycles. The van der Waals surface area contributed by atoms with E-state index in [-0.39, 0.29) is 18.3 Å². The van der Waals surface area contributed by atoms with Crippen LogP contribution < -0.4 is 10.5 Å². The Kier molecular flexibility index (Phi) is 9.91. The minimum absolute atomic E-state index is 0. The molecule has 22 heavy (non-hydrogen) atoms. The fraction of sp³-hybridized carbons (Fsp3) is 0.600. The summed E-state index contributed by atoms with van der Waals surface area (Å²) < 4.78 is 35.9. The summed E-state index contributed by atoms with van der Waals surface area (Å²) in [6, 6.07) is 0. The van der Waals surface area contributed by atoms with Crippen molar-refractivity contribution in [2.45, 2.75) is 13.1 Å². The first kappa shape index (κ1) is 22.2. The molecule has 9 nitrogen and oxygen atoms in total. The molecule has 2 rings (SSSR count). The summed E-state index contributed by atoms with van der Waals surface area (Å²) in [6.07, 6.45) is -5.70. The largest absolute Gasteiger partial charge is 0.870 e. The van der Waals surface area contributed by atoms with Crippen molar-refractivity contribution < 1.29 is 50.2 Å². The third-order valence-electron chi connectivity index (χ3n) is 2.53. The van der Waals surface area contributed by atoms with E-state index >= 15 is 0 Å². The zero-order chi connectivity index (χ0) is 15.2. The second kappa shape index (κ2) is 9.81. The third-order valence-corrected chi connectivity index (χ3v) is 2.53. The van der Waals surface area contributed by atoms with E-state index in [1.165, 1.54) is 0 Å². The zero-order valence-electron chi connectivity index (χ0n) is 11.6. The first-order chi connectivity index (χ1) is 9.35. The number of nitrogens with two attached hydrogens (primary N) is 1. The standard InChI is InChI=1S/C8H12N4O2.C2HF3O.2H2O.H2/c1-6-7(11-14-10-6)8(13)12-4-2-9-3-5-12;3-2(4,5)1-6;;;/h9H,2-5H2,1H3;1H;2*1H2;1H. The highest BCUT2D eigenvalue weighted by Crippen LogP contribution is 2.08. The van der Waals surface area contributed by atoms with Crippen LogP contribution in [-0.4, -0.2) is 65.6 Å². The molecule has 2 heterocycles. The quantitative estimate of drug-likeness (QED) is 0.614. The number of aldehydes is 1. The molecule has 1 aromatic rings. The number of nitrogens with zero attached hydrogens (tertiary/aromatic N) is 2. The number of piperazine rings is 1. The molecule has 1 aromatic heterocycles. The Morgan fingerprint density at radius 1 is 1.41 bits per heavy atom. The van der Waals surface area contributed by atoms with Crippen molar-refractivity contribution in [3.63, 3.8) is 0 Å². The Labute approximate surface area is 124 Å². The second-order valence-corrected chi connectivity index (χ2v) is 4.06. The molecule has 1 fully saturated rings. The Hall–Kier alpha value is -2.05. The van der Waals surface area contributed by atoms with Gasteiger partial charge >= 0.3 is 12.1 Å². The highest BCUT2D eigenvalue weighted by molar-refractivity contribution is 5.91. The van der Waals surface area contributed by atoms with Crippen molar-refractivity contribution >= 4 is 12.2 Å². The van der Waals surface area contributed by atoms with E-state index < -0.39 is 12.5 Å². The number of rotatable bonds is 1. The van der Waals surface area contributed by atoms with Crippen LogP contribution in [0.1, 0.15) is 17.6 Å². The van der Waals surface area contributed by atoms with E-state index in [9.17, 15) is 18.0 Å². The van der Waals surface area contributed by atoms with Gasteiger partial charge < -0.3 is 21.2 Å². The average Bonchev–Trinajstić information content (AvgIpc) is 2.85. The van der Waals surface area contributed by atoms with Crippen LogP contribution in [0.2, 0.25) is 0 Å². The number of halogens is 3. The van der Waals surface area contributed by atoms with Gasteiger partial charge in [0.15, 0.2) is 5.16 Å². The molecule has 1 saturated heterocycles. The van der Waals surface area contributed by atoms with Gasteiger partial charge in [-0.15, -0.1) is 0 Å². The molecular weight excluding hydrogens is 313 g/mol. The van der Waals surface area contributed by atoms with Crippen LogP contribution in [0.25, 0.3) is 0 Å². The number of carbonyl (C=O) groups excluding carboxylic acids is 2. The summed E-state index contributed by atoms with van der Waals surface area (Å²) in [6.45, 7) is 5.27. The number of nitrogens with one attached hydrogen (secondary N) is 1. The molecule has 0 saturated carbocycles. The van der Waals surface area contributed by atoms with Gasteiger partial charge in [0.2, 0.25) is 6.29 Å². The number of alkyl halides is 3. The lowest BCUT2D eigenvalue weighted by atomic mass is 10.2. The summed E-state index contributed by atoms with van der Waals surface area (Å²) >= 11 is 0. The summed E-state index contributed by atoms with van der Waals surface area (Å²) in [5.41, 5.74) is 1.08. The van der Waals surface area contributed by atoms with E-state index in [4.69, 9.17) is 4.79 Å². The maximum absolute atomic E-state index is 11.9. The highest BCUT2D eigenvalue weighted by Gasteiger charge is 2.28. The molecule has 0 radical (unpaired) electrons. The number of hydrogen-bond donors (Lipinski definition) is 1. The Balaban J connectivity index is -0.000000392. The molecule has 0 spiro atoms. The van der Waals surface area contributed by atoms with Gasteiger partial charge in [-0.05, 0) is 0 Å². The summed E-state index contributed by atoms with van der Waals surface area (Å²) in [5, 5.41) is 8.36. The van der Waals surface area contributed by atoms with Crippen LogP contribution >= 0.6 is 0 Å². The van der Waals surface area contributed by atoms with Crippen molar-refractivity contribution in [1.82, 2.24) is 10.1 Å². The number of amides is 1. The van der Waals surface area contributed by atoms with Crippen molar-refractivity contribution in [2.24, 2.45) is 0 Å². The van der Waals surface area contributed by atoms with E-state index in [1.54, 1.807) is 6.92 Å². The van der Waals surface area contributed by atoms with Crippen LogP contribution in [0.4, 0.5) is 13.2 Å². The molecule has 5 N–H and O–H groups in total. The number of hydrogen-bond acceptors (Lipinski definition) is 6. The van der Waals surface area contributed by atoms with Gasteiger partial charge in [0, 0.05) is 8.35 Å². The fourth-order valence-corrected chi connectivity index (χ4v) is 1.57. The number of aromatic nitrogens is 2. The van der Waals surface area contributed by atoms with E-state index in [1.807, 2.05) is 4.90 Å². The molecule has 0 bridgehead atoms. The van der Waals surface area contributed by atoms with Gasteiger partial charge in [0.25, 0.3) is 11.4 Å². The number of aromatic amines is 1. The topological polar surface area (TPSA) is 154 Å². The lowest BCUT2D eigenvalue weighted by Crippen LogP contribution is -2.89. The molecule has 0 aromatic carbocycles. The van der Waals surface area contributed by atoms with Gasteiger partial charge in [-0.25, -0.2) is 0 Å². The number of carbonyl (C=O) groups is 2. The molecule has 12 heteroatoms. The normalized spacial score (nSPS) is 13.9. The van der Waals surface area contributed by atoms with Gasteiger partial charge in [0.05, 0.1) is 26.2 Å². The number of aryl methyl sites for hydroxylation is 1. The van der Waals surface area contributed by atoms with Crippen molar-refractivity contribution in [2.75, 3.05) is 26.2 Å². The smallest absolute Gasteiger partial charge is 0.446 e. The molecule has 0 aliphatic carbocycles.